The predicted molar refractivity (Wildman–Crippen MR) is 89.5 cm³/mol. The Morgan fingerprint density at radius 2 is 2.13 bits per heavy atom. The molecule has 1 unspecified atom stereocenters. The van der Waals surface area contributed by atoms with E-state index in [2.05, 4.69) is 4.98 Å². The van der Waals surface area contributed by atoms with Crippen LogP contribution in [-0.4, -0.2) is 15.5 Å². The summed E-state index contributed by atoms with van der Waals surface area (Å²) in [6, 6.07) is 5.24. The standard InChI is InChI=1S/C17H18Cl2N2O2/c18-13-5-6-14(15(19)9-13)16(10-21-8-7-20-11-21)23-17(22)12-3-1-2-4-12/h5-9,11-12,16H,1-4,10H2. The molecule has 1 atom stereocenters. The van der Waals surface area contributed by atoms with Crippen molar-refractivity contribution >= 4 is 29.2 Å². The van der Waals surface area contributed by atoms with Gasteiger partial charge in [0, 0.05) is 28.0 Å². The van der Waals surface area contributed by atoms with Crippen molar-refractivity contribution in [3.8, 4) is 0 Å². The van der Waals surface area contributed by atoms with Crippen LogP contribution in [0.25, 0.3) is 0 Å². The summed E-state index contributed by atoms with van der Waals surface area (Å²) in [5.41, 5.74) is 0.760. The molecule has 1 heterocycles. The number of rotatable bonds is 5. The van der Waals surface area contributed by atoms with Gasteiger partial charge in [0.25, 0.3) is 0 Å². The molecule has 1 aromatic heterocycles. The molecule has 122 valence electrons. The van der Waals surface area contributed by atoms with Crippen molar-refractivity contribution in [3.05, 3.63) is 52.5 Å². The summed E-state index contributed by atoms with van der Waals surface area (Å²) in [4.78, 5) is 16.4. The third-order valence-corrected chi connectivity index (χ3v) is 4.75. The lowest BCUT2D eigenvalue weighted by Gasteiger charge is -2.22. The fourth-order valence-electron chi connectivity index (χ4n) is 2.95. The topological polar surface area (TPSA) is 44.1 Å². The quantitative estimate of drug-likeness (QED) is 0.734. The van der Waals surface area contributed by atoms with E-state index in [1.54, 1.807) is 24.7 Å². The van der Waals surface area contributed by atoms with Gasteiger partial charge in [-0.05, 0) is 25.0 Å². The smallest absolute Gasteiger partial charge is 0.309 e. The second kappa shape index (κ2) is 7.37. The summed E-state index contributed by atoms with van der Waals surface area (Å²) >= 11 is 12.3. The average Bonchev–Trinajstić information content (AvgIpc) is 3.20. The number of carbonyl (C=O) groups is 1. The van der Waals surface area contributed by atoms with Gasteiger partial charge in [-0.15, -0.1) is 0 Å². The monoisotopic (exact) mass is 352 g/mol. The fraction of sp³-hybridized carbons (Fsp3) is 0.412. The van der Waals surface area contributed by atoms with Crippen molar-refractivity contribution in [1.82, 2.24) is 9.55 Å². The van der Waals surface area contributed by atoms with Crippen LogP contribution in [0.15, 0.2) is 36.9 Å². The molecule has 0 saturated heterocycles. The van der Waals surface area contributed by atoms with Gasteiger partial charge in [-0.1, -0.05) is 42.1 Å². The molecule has 0 aliphatic heterocycles. The van der Waals surface area contributed by atoms with Gasteiger partial charge in [-0.2, -0.15) is 0 Å². The van der Waals surface area contributed by atoms with Crippen LogP contribution in [-0.2, 0) is 16.1 Å². The molecule has 1 aliphatic rings. The van der Waals surface area contributed by atoms with Gasteiger partial charge >= 0.3 is 5.97 Å². The minimum Gasteiger partial charge on any atom is -0.455 e. The predicted octanol–water partition coefficient (Wildman–Crippen LogP) is 4.66. The Hall–Kier alpha value is -1.52. The lowest BCUT2D eigenvalue weighted by Crippen LogP contribution is -2.21. The maximum atomic E-state index is 12.4. The van der Waals surface area contributed by atoms with E-state index in [0.29, 0.717) is 16.6 Å². The second-order valence-corrected chi connectivity index (χ2v) is 6.68. The minimum atomic E-state index is -0.456. The number of hydrogen-bond donors (Lipinski definition) is 0. The second-order valence-electron chi connectivity index (χ2n) is 5.83. The van der Waals surface area contributed by atoms with E-state index in [-0.39, 0.29) is 11.9 Å². The molecule has 3 rings (SSSR count). The minimum absolute atomic E-state index is 0.00589. The van der Waals surface area contributed by atoms with Gasteiger partial charge in [0.15, 0.2) is 0 Å². The number of carbonyl (C=O) groups excluding carboxylic acids is 1. The van der Waals surface area contributed by atoms with Crippen LogP contribution in [0.4, 0.5) is 0 Å². The van der Waals surface area contributed by atoms with Crippen LogP contribution in [0.2, 0.25) is 10.0 Å². The lowest BCUT2D eigenvalue weighted by molar-refractivity contribution is -0.155. The van der Waals surface area contributed by atoms with Crippen molar-refractivity contribution in [2.24, 2.45) is 5.92 Å². The molecule has 4 nitrogen and oxygen atoms in total. The number of nitrogens with zero attached hydrogens (tertiary/aromatic N) is 2. The van der Waals surface area contributed by atoms with E-state index in [1.807, 2.05) is 16.8 Å². The van der Waals surface area contributed by atoms with E-state index in [9.17, 15) is 4.79 Å². The summed E-state index contributed by atoms with van der Waals surface area (Å²) in [6.45, 7) is 0.472. The van der Waals surface area contributed by atoms with Gasteiger partial charge in [0.1, 0.15) is 6.10 Å². The number of halogens is 2. The van der Waals surface area contributed by atoms with Crippen LogP contribution < -0.4 is 0 Å². The highest BCUT2D eigenvalue weighted by Gasteiger charge is 2.28. The van der Waals surface area contributed by atoms with Crippen LogP contribution in [0.1, 0.15) is 37.4 Å². The van der Waals surface area contributed by atoms with Crippen molar-refractivity contribution in [3.63, 3.8) is 0 Å². The molecule has 0 amide bonds. The molecule has 1 saturated carbocycles. The summed E-state index contributed by atoms with van der Waals surface area (Å²) in [5, 5.41) is 1.06. The highest BCUT2D eigenvalue weighted by molar-refractivity contribution is 6.35. The molecule has 1 aliphatic carbocycles. The van der Waals surface area contributed by atoms with Crippen molar-refractivity contribution in [2.75, 3.05) is 0 Å². The van der Waals surface area contributed by atoms with Gasteiger partial charge in [0.2, 0.25) is 0 Å². The first kappa shape index (κ1) is 16.3. The molecule has 2 aromatic rings. The fourth-order valence-corrected chi connectivity index (χ4v) is 3.48. The van der Waals surface area contributed by atoms with Crippen LogP contribution in [0, 0.1) is 5.92 Å². The summed E-state index contributed by atoms with van der Waals surface area (Å²) in [5.74, 6) is -0.134. The SMILES string of the molecule is O=C(OC(Cn1ccnc1)c1ccc(Cl)cc1Cl)C1CCCC1. The lowest BCUT2D eigenvalue weighted by atomic mass is 10.1. The van der Waals surface area contributed by atoms with Crippen molar-refractivity contribution < 1.29 is 9.53 Å². The molecule has 6 heteroatoms. The largest absolute Gasteiger partial charge is 0.455 e. The molecule has 23 heavy (non-hydrogen) atoms. The molecular weight excluding hydrogens is 335 g/mol. The van der Waals surface area contributed by atoms with Gasteiger partial charge < -0.3 is 9.30 Å². The van der Waals surface area contributed by atoms with Gasteiger partial charge in [-0.25, -0.2) is 4.98 Å². The van der Waals surface area contributed by atoms with E-state index < -0.39 is 6.10 Å². The Morgan fingerprint density at radius 3 is 2.78 bits per heavy atom. The van der Waals surface area contributed by atoms with E-state index >= 15 is 0 Å². The zero-order chi connectivity index (χ0) is 16.2. The molecule has 0 bridgehead atoms. The first-order chi connectivity index (χ1) is 11.1. The molecular formula is C17H18Cl2N2O2. The van der Waals surface area contributed by atoms with E-state index in [1.165, 1.54) is 0 Å². The summed E-state index contributed by atoms with van der Waals surface area (Å²) in [7, 11) is 0. The van der Waals surface area contributed by atoms with Gasteiger partial charge in [-0.3, -0.25) is 4.79 Å². The Bertz CT molecular complexity index is 667. The maximum absolute atomic E-state index is 12.4. The van der Waals surface area contributed by atoms with Crippen LogP contribution >= 0.6 is 23.2 Å². The van der Waals surface area contributed by atoms with Gasteiger partial charge in [0.05, 0.1) is 18.8 Å². The zero-order valence-electron chi connectivity index (χ0n) is 12.6. The number of imidazole rings is 1. The highest BCUT2D eigenvalue weighted by Crippen LogP contribution is 2.32. The molecule has 0 radical (unpaired) electrons. The summed E-state index contributed by atoms with van der Waals surface area (Å²) < 4.78 is 7.67. The first-order valence-electron chi connectivity index (χ1n) is 7.74. The van der Waals surface area contributed by atoms with E-state index in [0.717, 1.165) is 31.2 Å². The Labute approximate surface area is 145 Å². The van der Waals surface area contributed by atoms with Crippen molar-refractivity contribution in [1.29, 1.82) is 0 Å². The number of aromatic nitrogens is 2. The Morgan fingerprint density at radius 1 is 1.35 bits per heavy atom. The first-order valence-corrected chi connectivity index (χ1v) is 8.50. The normalized spacial score (nSPS) is 16.4. The Balaban J connectivity index is 1.82. The number of esters is 1. The number of ether oxygens (including phenoxy) is 1. The number of hydrogen-bond acceptors (Lipinski definition) is 3. The third-order valence-electron chi connectivity index (χ3n) is 4.19. The maximum Gasteiger partial charge on any atom is 0.309 e. The summed E-state index contributed by atoms with van der Waals surface area (Å²) in [6.07, 6.45) is 8.76. The molecule has 1 aromatic carbocycles. The number of benzene rings is 1. The molecule has 0 spiro atoms. The van der Waals surface area contributed by atoms with E-state index in [4.69, 9.17) is 27.9 Å². The zero-order valence-corrected chi connectivity index (χ0v) is 14.1. The van der Waals surface area contributed by atoms with Crippen molar-refractivity contribution in [2.45, 2.75) is 38.3 Å². The highest BCUT2D eigenvalue weighted by atomic mass is 35.5. The van der Waals surface area contributed by atoms with Crippen LogP contribution in [0.3, 0.4) is 0 Å². The molecule has 0 N–H and O–H groups in total. The Kier molecular flexibility index (Phi) is 5.23. The third kappa shape index (κ3) is 4.06. The molecule has 1 fully saturated rings. The van der Waals surface area contributed by atoms with Crippen LogP contribution in [0.5, 0.6) is 0 Å². The average molecular weight is 353 g/mol.